The van der Waals surface area contributed by atoms with Crippen LogP contribution >= 0.6 is 11.6 Å². The number of hydrogen-bond acceptors (Lipinski definition) is 6. The normalized spacial score (nSPS) is 13.1. The Morgan fingerprint density at radius 3 is 2.77 bits per heavy atom. The molecule has 8 heteroatoms. The second-order valence-electron chi connectivity index (χ2n) is 6.95. The summed E-state index contributed by atoms with van der Waals surface area (Å²) in [5, 5.41) is 5.57. The van der Waals surface area contributed by atoms with Gasteiger partial charge < -0.3 is 14.2 Å². The lowest BCUT2D eigenvalue weighted by Gasteiger charge is -2.13. The molecule has 0 atom stereocenters. The monoisotopic (exact) mass is 428 g/mol. The molecule has 0 bridgehead atoms. The number of hydrogen-bond donors (Lipinski definition) is 0. The van der Waals surface area contributed by atoms with E-state index in [1.54, 1.807) is 36.4 Å². The molecular formula is C22H21ClN2O5. The molecule has 3 aromatic rings. The summed E-state index contributed by atoms with van der Waals surface area (Å²) in [6.07, 6.45) is 1.48. The minimum absolute atomic E-state index is 0.0158. The third-order valence-corrected chi connectivity index (χ3v) is 5.01. The van der Waals surface area contributed by atoms with E-state index in [1.165, 1.54) is 4.68 Å². The van der Waals surface area contributed by atoms with Crippen LogP contribution in [0.5, 0.6) is 11.5 Å². The Morgan fingerprint density at radius 2 is 1.97 bits per heavy atom. The minimum atomic E-state index is -0.612. The zero-order chi connectivity index (χ0) is 21.1. The maximum Gasteiger partial charge on any atom is 0.359 e. The SMILES string of the molecule is CCCn1nc(C(=O)OCc2cc(Cl)c3c(c2)OCCCO3)c2ccccc2c1=O. The Balaban J connectivity index is 1.61. The fraction of sp³-hybridized carbons (Fsp3) is 0.318. The van der Waals surface area contributed by atoms with Crippen molar-refractivity contribution in [2.24, 2.45) is 0 Å². The standard InChI is InChI=1S/C22H21ClN2O5/c1-2-8-25-21(26)16-7-4-3-6-15(16)19(24-25)22(27)30-13-14-11-17(23)20-18(12-14)28-9-5-10-29-20/h3-4,6-7,11-12H,2,5,8-10,13H2,1H3. The van der Waals surface area contributed by atoms with Crippen LogP contribution in [0, 0.1) is 0 Å². The van der Waals surface area contributed by atoms with Crippen molar-refractivity contribution in [3.05, 3.63) is 63.0 Å². The number of halogens is 1. The fourth-order valence-electron chi connectivity index (χ4n) is 3.33. The predicted molar refractivity (Wildman–Crippen MR) is 112 cm³/mol. The van der Waals surface area contributed by atoms with Crippen LogP contribution in [0.15, 0.2) is 41.2 Å². The van der Waals surface area contributed by atoms with E-state index in [9.17, 15) is 9.59 Å². The van der Waals surface area contributed by atoms with Crippen molar-refractivity contribution in [1.82, 2.24) is 9.78 Å². The van der Waals surface area contributed by atoms with E-state index in [0.717, 1.165) is 12.8 Å². The molecule has 7 nitrogen and oxygen atoms in total. The summed E-state index contributed by atoms with van der Waals surface area (Å²) in [7, 11) is 0. The van der Waals surface area contributed by atoms with Gasteiger partial charge in [0.15, 0.2) is 17.2 Å². The molecule has 1 aliphatic rings. The molecule has 0 aliphatic carbocycles. The summed E-state index contributed by atoms with van der Waals surface area (Å²) in [6.45, 7) is 3.41. The first-order valence-corrected chi connectivity index (χ1v) is 10.2. The van der Waals surface area contributed by atoms with Gasteiger partial charge in [-0.2, -0.15) is 5.10 Å². The van der Waals surface area contributed by atoms with Crippen LogP contribution in [-0.2, 0) is 17.9 Å². The lowest BCUT2D eigenvalue weighted by molar-refractivity contribution is 0.0465. The topological polar surface area (TPSA) is 79.7 Å². The van der Waals surface area contributed by atoms with Gasteiger partial charge in [0.2, 0.25) is 0 Å². The summed E-state index contributed by atoms with van der Waals surface area (Å²) in [4.78, 5) is 25.4. The predicted octanol–water partition coefficient (Wildman–Crippen LogP) is 3.98. The van der Waals surface area contributed by atoms with Gasteiger partial charge in [0.05, 0.1) is 23.6 Å². The van der Waals surface area contributed by atoms with Crippen LogP contribution < -0.4 is 15.0 Å². The highest BCUT2D eigenvalue weighted by Gasteiger charge is 2.20. The lowest BCUT2D eigenvalue weighted by Crippen LogP contribution is -2.26. The number of esters is 1. The minimum Gasteiger partial charge on any atom is -0.489 e. The number of benzene rings is 2. The molecule has 0 saturated heterocycles. The van der Waals surface area contributed by atoms with E-state index in [1.807, 2.05) is 6.92 Å². The third kappa shape index (κ3) is 3.98. The van der Waals surface area contributed by atoms with Crippen molar-refractivity contribution in [2.45, 2.75) is 32.9 Å². The lowest BCUT2D eigenvalue weighted by atomic mass is 10.1. The second kappa shape index (κ2) is 8.75. The number of rotatable bonds is 5. The summed E-state index contributed by atoms with van der Waals surface area (Å²) in [5.74, 6) is 0.425. The highest BCUT2D eigenvalue weighted by atomic mass is 35.5. The van der Waals surface area contributed by atoms with Crippen LogP contribution in [0.4, 0.5) is 0 Å². The molecule has 2 heterocycles. The van der Waals surface area contributed by atoms with E-state index in [2.05, 4.69) is 5.10 Å². The average molecular weight is 429 g/mol. The highest BCUT2D eigenvalue weighted by molar-refractivity contribution is 6.32. The number of aryl methyl sites for hydroxylation is 1. The zero-order valence-electron chi connectivity index (χ0n) is 16.5. The molecule has 1 aliphatic heterocycles. The Bertz CT molecular complexity index is 1160. The first-order chi connectivity index (χ1) is 14.6. The fourth-order valence-corrected chi connectivity index (χ4v) is 3.62. The van der Waals surface area contributed by atoms with Crippen molar-refractivity contribution < 1.29 is 19.0 Å². The van der Waals surface area contributed by atoms with Crippen molar-refractivity contribution in [2.75, 3.05) is 13.2 Å². The molecule has 0 amide bonds. The summed E-state index contributed by atoms with van der Waals surface area (Å²) in [5.41, 5.74) is 0.557. The molecular weight excluding hydrogens is 408 g/mol. The summed E-state index contributed by atoms with van der Waals surface area (Å²) >= 11 is 6.31. The van der Waals surface area contributed by atoms with Gasteiger partial charge in [0, 0.05) is 18.4 Å². The van der Waals surface area contributed by atoms with E-state index < -0.39 is 5.97 Å². The third-order valence-electron chi connectivity index (χ3n) is 4.73. The Kier molecular flexibility index (Phi) is 5.90. The van der Waals surface area contributed by atoms with Gasteiger partial charge in [0.1, 0.15) is 6.61 Å². The second-order valence-corrected chi connectivity index (χ2v) is 7.36. The van der Waals surface area contributed by atoms with Crippen molar-refractivity contribution in [3.8, 4) is 11.5 Å². The van der Waals surface area contributed by atoms with Crippen LogP contribution in [-0.4, -0.2) is 29.0 Å². The maximum absolute atomic E-state index is 12.8. The molecule has 156 valence electrons. The number of nitrogens with zero attached hydrogens (tertiary/aromatic N) is 2. The number of carbonyl (C=O) groups excluding carboxylic acids is 1. The summed E-state index contributed by atoms with van der Waals surface area (Å²) in [6, 6.07) is 10.3. The molecule has 2 aromatic carbocycles. The molecule has 0 fully saturated rings. The number of fused-ring (bicyclic) bond motifs is 2. The molecule has 1 aromatic heterocycles. The molecule has 30 heavy (non-hydrogen) atoms. The van der Waals surface area contributed by atoms with Gasteiger partial charge in [0.25, 0.3) is 5.56 Å². The zero-order valence-corrected chi connectivity index (χ0v) is 17.3. The van der Waals surface area contributed by atoms with Gasteiger partial charge in [-0.25, -0.2) is 9.48 Å². The van der Waals surface area contributed by atoms with Gasteiger partial charge in [-0.3, -0.25) is 4.79 Å². The quantitative estimate of drug-likeness (QED) is 0.572. The van der Waals surface area contributed by atoms with Crippen molar-refractivity contribution in [1.29, 1.82) is 0 Å². The number of ether oxygens (including phenoxy) is 3. The van der Waals surface area contributed by atoms with E-state index in [0.29, 0.717) is 52.6 Å². The van der Waals surface area contributed by atoms with Gasteiger partial charge in [-0.15, -0.1) is 0 Å². The molecule has 0 saturated carbocycles. The molecule has 4 rings (SSSR count). The van der Waals surface area contributed by atoms with Crippen molar-refractivity contribution >= 4 is 28.3 Å². The Labute approximate surface area is 178 Å². The van der Waals surface area contributed by atoms with Crippen LogP contribution in [0.2, 0.25) is 5.02 Å². The number of carbonyl (C=O) groups is 1. The highest BCUT2D eigenvalue weighted by Crippen LogP contribution is 2.38. The Morgan fingerprint density at radius 1 is 1.20 bits per heavy atom. The largest absolute Gasteiger partial charge is 0.489 e. The van der Waals surface area contributed by atoms with Crippen LogP contribution in [0.1, 0.15) is 35.8 Å². The smallest absolute Gasteiger partial charge is 0.359 e. The van der Waals surface area contributed by atoms with E-state index >= 15 is 0 Å². The first-order valence-electron chi connectivity index (χ1n) is 9.83. The molecule has 0 N–H and O–H groups in total. The molecule has 0 radical (unpaired) electrons. The average Bonchev–Trinajstić information content (AvgIpc) is 3.00. The van der Waals surface area contributed by atoms with Gasteiger partial charge >= 0.3 is 5.97 Å². The van der Waals surface area contributed by atoms with E-state index in [-0.39, 0.29) is 17.9 Å². The molecule has 0 spiro atoms. The maximum atomic E-state index is 12.8. The van der Waals surface area contributed by atoms with E-state index in [4.69, 9.17) is 25.8 Å². The number of aromatic nitrogens is 2. The van der Waals surface area contributed by atoms with Crippen LogP contribution in [0.25, 0.3) is 10.8 Å². The summed E-state index contributed by atoms with van der Waals surface area (Å²) < 4.78 is 18.1. The van der Waals surface area contributed by atoms with Crippen molar-refractivity contribution in [3.63, 3.8) is 0 Å². The Hall–Kier alpha value is -3.06. The van der Waals surface area contributed by atoms with Gasteiger partial charge in [-0.1, -0.05) is 36.7 Å². The van der Waals surface area contributed by atoms with Crippen LogP contribution in [0.3, 0.4) is 0 Å². The van der Waals surface area contributed by atoms with Gasteiger partial charge in [-0.05, 0) is 30.2 Å². The molecule has 0 unspecified atom stereocenters. The first kappa shape index (κ1) is 20.2.